The normalized spacial score (nSPS) is 20.5. The summed E-state index contributed by atoms with van der Waals surface area (Å²) in [5.41, 5.74) is 0.794. The van der Waals surface area contributed by atoms with Crippen LogP contribution in [0.4, 0.5) is 4.79 Å². The second-order valence-electron chi connectivity index (χ2n) is 8.31. The Kier molecular flexibility index (Phi) is 5.44. The van der Waals surface area contributed by atoms with Crippen molar-refractivity contribution in [1.82, 2.24) is 15.5 Å². The van der Waals surface area contributed by atoms with Gasteiger partial charge in [0.1, 0.15) is 5.54 Å². The highest BCUT2D eigenvalue weighted by Crippen LogP contribution is 2.31. The van der Waals surface area contributed by atoms with Gasteiger partial charge in [-0.3, -0.25) is 14.5 Å². The third kappa shape index (κ3) is 4.06. The molecule has 6 nitrogen and oxygen atoms in total. The molecule has 0 radical (unpaired) electrons. The van der Waals surface area contributed by atoms with Crippen molar-refractivity contribution >= 4 is 17.8 Å². The molecular weight excluding hydrogens is 330 g/mol. The molecule has 0 aliphatic carbocycles. The summed E-state index contributed by atoms with van der Waals surface area (Å²) in [5, 5.41) is 5.54. The smallest absolute Gasteiger partial charge is 0.325 e. The Morgan fingerprint density at radius 2 is 1.77 bits per heavy atom. The quantitative estimate of drug-likeness (QED) is 0.794. The molecule has 1 fully saturated rings. The Balaban J connectivity index is 2.14. The van der Waals surface area contributed by atoms with Crippen molar-refractivity contribution in [3.63, 3.8) is 0 Å². The summed E-state index contributed by atoms with van der Waals surface area (Å²) in [7, 11) is 0. The monoisotopic (exact) mass is 359 g/mol. The Hall–Kier alpha value is -2.37. The zero-order valence-electron chi connectivity index (χ0n) is 16.5. The second-order valence-corrected chi connectivity index (χ2v) is 8.31. The molecule has 2 rings (SSSR count). The van der Waals surface area contributed by atoms with Gasteiger partial charge in [-0.1, -0.05) is 45.0 Å². The lowest BCUT2D eigenvalue weighted by Crippen LogP contribution is -2.41. The number of urea groups is 1. The zero-order valence-corrected chi connectivity index (χ0v) is 16.5. The molecule has 1 aliphatic heterocycles. The molecule has 1 aromatic carbocycles. The van der Waals surface area contributed by atoms with Crippen LogP contribution in [-0.4, -0.2) is 35.3 Å². The SMILES string of the molecule is CC(C)NC(=O)CCN1C(=O)NC(C)(c2ccc(C(C)(C)C)cc2)C1=O. The molecule has 0 bridgehead atoms. The third-order valence-corrected chi connectivity index (χ3v) is 4.62. The van der Waals surface area contributed by atoms with Crippen LogP contribution in [0.3, 0.4) is 0 Å². The average Bonchev–Trinajstić information content (AvgIpc) is 2.74. The molecule has 1 aliphatic rings. The van der Waals surface area contributed by atoms with E-state index in [1.54, 1.807) is 6.92 Å². The van der Waals surface area contributed by atoms with Gasteiger partial charge in [0.2, 0.25) is 5.91 Å². The molecule has 142 valence electrons. The van der Waals surface area contributed by atoms with E-state index in [4.69, 9.17) is 0 Å². The number of imide groups is 1. The summed E-state index contributed by atoms with van der Waals surface area (Å²) < 4.78 is 0. The molecule has 4 amide bonds. The van der Waals surface area contributed by atoms with Crippen LogP contribution in [-0.2, 0) is 20.5 Å². The van der Waals surface area contributed by atoms with Crippen molar-refractivity contribution in [3.05, 3.63) is 35.4 Å². The zero-order chi connectivity index (χ0) is 19.7. The Morgan fingerprint density at radius 3 is 2.27 bits per heavy atom. The first kappa shape index (κ1) is 19.9. The number of hydrogen-bond acceptors (Lipinski definition) is 3. The number of nitrogens with zero attached hydrogens (tertiary/aromatic N) is 1. The fourth-order valence-corrected chi connectivity index (χ4v) is 3.01. The van der Waals surface area contributed by atoms with Crippen LogP contribution in [0.25, 0.3) is 0 Å². The maximum Gasteiger partial charge on any atom is 0.325 e. The minimum Gasteiger partial charge on any atom is -0.354 e. The Morgan fingerprint density at radius 1 is 1.19 bits per heavy atom. The first-order chi connectivity index (χ1) is 11.9. The van der Waals surface area contributed by atoms with E-state index < -0.39 is 11.6 Å². The van der Waals surface area contributed by atoms with Gasteiger partial charge in [-0.15, -0.1) is 0 Å². The van der Waals surface area contributed by atoms with E-state index in [0.717, 1.165) is 16.0 Å². The predicted molar refractivity (Wildman–Crippen MR) is 101 cm³/mol. The number of carbonyl (C=O) groups excluding carboxylic acids is 3. The van der Waals surface area contributed by atoms with Crippen LogP contribution in [0.15, 0.2) is 24.3 Å². The fourth-order valence-electron chi connectivity index (χ4n) is 3.01. The third-order valence-electron chi connectivity index (χ3n) is 4.62. The van der Waals surface area contributed by atoms with E-state index in [0.29, 0.717) is 0 Å². The molecule has 0 spiro atoms. The van der Waals surface area contributed by atoms with E-state index >= 15 is 0 Å². The van der Waals surface area contributed by atoms with Gasteiger partial charge in [-0.05, 0) is 37.3 Å². The number of rotatable bonds is 5. The highest BCUT2D eigenvalue weighted by atomic mass is 16.2. The number of hydrogen-bond donors (Lipinski definition) is 2. The molecule has 26 heavy (non-hydrogen) atoms. The maximum absolute atomic E-state index is 12.9. The summed E-state index contributed by atoms with van der Waals surface area (Å²) in [4.78, 5) is 38.1. The summed E-state index contributed by atoms with van der Waals surface area (Å²) in [6.07, 6.45) is 0.0936. The van der Waals surface area contributed by atoms with Crippen LogP contribution in [0.5, 0.6) is 0 Å². The summed E-state index contributed by atoms with van der Waals surface area (Å²) in [6.45, 7) is 11.9. The molecular formula is C20H29N3O3. The minimum atomic E-state index is -1.11. The fraction of sp³-hybridized carbons (Fsp3) is 0.550. The standard InChI is InChI=1S/C20H29N3O3/c1-13(2)21-16(24)11-12-23-17(25)20(6,22-18(23)26)15-9-7-14(8-10-15)19(3,4)5/h7-10,13H,11-12H2,1-6H3,(H,21,24)(H,22,26). The molecule has 6 heteroatoms. The molecule has 0 aromatic heterocycles. The summed E-state index contributed by atoms with van der Waals surface area (Å²) in [6, 6.07) is 7.30. The lowest BCUT2D eigenvalue weighted by atomic mass is 9.84. The van der Waals surface area contributed by atoms with Crippen LogP contribution >= 0.6 is 0 Å². The van der Waals surface area contributed by atoms with Crippen molar-refractivity contribution in [2.75, 3.05) is 6.54 Å². The lowest BCUT2D eigenvalue weighted by Gasteiger charge is -2.24. The average molecular weight is 359 g/mol. The highest BCUT2D eigenvalue weighted by molar-refractivity contribution is 6.07. The number of amides is 4. The highest BCUT2D eigenvalue weighted by Gasteiger charge is 2.48. The van der Waals surface area contributed by atoms with Crippen LogP contribution in [0, 0.1) is 0 Å². The molecule has 0 saturated carbocycles. The van der Waals surface area contributed by atoms with Gasteiger partial charge in [0.05, 0.1) is 0 Å². The van der Waals surface area contributed by atoms with E-state index in [9.17, 15) is 14.4 Å². The van der Waals surface area contributed by atoms with Gasteiger partial charge in [0.25, 0.3) is 5.91 Å². The summed E-state index contributed by atoms with van der Waals surface area (Å²) >= 11 is 0. The number of carbonyl (C=O) groups is 3. The molecule has 1 atom stereocenters. The number of nitrogens with one attached hydrogen (secondary N) is 2. The molecule has 1 aromatic rings. The Labute approximate surface area is 155 Å². The maximum atomic E-state index is 12.9. The van der Waals surface area contributed by atoms with Crippen LogP contribution < -0.4 is 10.6 Å². The topological polar surface area (TPSA) is 78.5 Å². The van der Waals surface area contributed by atoms with E-state index in [1.165, 1.54) is 0 Å². The largest absolute Gasteiger partial charge is 0.354 e. The summed E-state index contributed by atoms with van der Waals surface area (Å²) in [5.74, 6) is -0.507. The molecule has 1 heterocycles. The lowest BCUT2D eigenvalue weighted by molar-refractivity contribution is -0.131. The van der Waals surface area contributed by atoms with Crippen molar-refractivity contribution < 1.29 is 14.4 Å². The van der Waals surface area contributed by atoms with Gasteiger partial charge in [-0.2, -0.15) is 0 Å². The molecule has 1 unspecified atom stereocenters. The minimum absolute atomic E-state index is 0.0121. The van der Waals surface area contributed by atoms with Crippen molar-refractivity contribution in [3.8, 4) is 0 Å². The van der Waals surface area contributed by atoms with Gasteiger partial charge < -0.3 is 10.6 Å². The van der Waals surface area contributed by atoms with E-state index in [2.05, 4.69) is 31.4 Å². The van der Waals surface area contributed by atoms with Gasteiger partial charge in [0.15, 0.2) is 0 Å². The van der Waals surface area contributed by atoms with Crippen LogP contribution in [0.2, 0.25) is 0 Å². The van der Waals surface area contributed by atoms with Gasteiger partial charge in [0, 0.05) is 19.0 Å². The van der Waals surface area contributed by atoms with Gasteiger partial charge in [-0.25, -0.2) is 4.79 Å². The van der Waals surface area contributed by atoms with Crippen molar-refractivity contribution in [1.29, 1.82) is 0 Å². The van der Waals surface area contributed by atoms with Crippen molar-refractivity contribution in [2.45, 2.75) is 65.0 Å². The van der Waals surface area contributed by atoms with Crippen molar-refractivity contribution in [2.24, 2.45) is 0 Å². The number of benzene rings is 1. The first-order valence-corrected chi connectivity index (χ1v) is 8.99. The van der Waals surface area contributed by atoms with Gasteiger partial charge >= 0.3 is 6.03 Å². The first-order valence-electron chi connectivity index (χ1n) is 8.99. The van der Waals surface area contributed by atoms with Crippen LogP contribution in [0.1, 0.15) is 59.1 Å². The van der Waals surface area contributed by atoms with E-state index in [1.807, 2.05) is 38.1 Å². The van der Waals surface area contributed by atoms with E-state index in [-0.39, 0.29) is 36.2 Å². The second kappa shape index (κ2) is 7.09. The molecule has 2 N–H and O–H groups in total. The molecule has 1 saturated heterocycles. The Bertz CT molecular complexity index is 704. The predicted octanol–water partition coefficient (Wildman–Crippen LogP) is 2.67.